The Morgan fingerprint density at radius 2 is 1.84 bits per heavy atom. The molecule has 0 aliphatic heterocycles. The molecule has 1 aromatic carbocycles. The highest BCUT2D eigenvalue weighted by Gasteiger charge is 2.24. The maximum absolute atomic E-state index is 10.5. The standard InChI is InChI=1S/C16H26O3/c1-6-18-16(11(2)3)15(17)13-8-7-9-14(10-13)19-12(4)5/h7-12,15-17H,6H2,1-5H3. The van der Waals surface area contributed by atoms with Gasteiger partial charge in [-0.2, -0.15) is 0 Å². The Balaban J connectivity index is 2.88. The zero-order valence-corrected chi connectivity index (χ0v) is 12.6. The van der Waals surface area contributed by atoms with Crippen molar-refractivity contribution in [2.24, 2.45) is 5.92 Å². The van der Waals surface area contributed by atoms with E-state index in [9.17, 15) is 5.11 Å². The van der Waals surface area contributed by atoms with Crippen LogP contribution in [0, 0.1) is 5.92 Å². The summed E-state index contributed by atoms with van der Waals surface area (Å²) in [6.45, 7) is 10.6. The lowest BCUT2D eigenvalue weighted by Crippen LogP contribution is -2.27. The highest BCUT2D eigenvalue weighted by molar-refractivity contribution is 5.30. The van der Waals surface area contributed by atoms with Crippen molar-refractivity contribution in [3.8, 4) is 5.75 Å². The zero-order chi connectivity index (χ0) is 14.4. The second-order valence-corrected chi connectivity index (χ2v) is 5.35. The third-order valence-electron chi connectivity index (χ3n) is 2.90. The minimum atomic E-state index is -0.629. The van der Waals surface area contributed by atoms with Gasteiger partial charge >= 0.3 is 0 Å². The summed E-state index contributed by atoms with van der Waals surface area (Å²) in [5.41, 5.74) is 0.838. The third kappa shape index (κ3) is 4.84. The van der Waals surface area contributed by atoms with Crippen molar-refractivity contribution in [2.45, 2.75) is 52.9 Å². The maximum Gasteiger partial charge on any atom is 0.120 e. The highest BCUT2D eigenvalue weighted by atomic mass is 16.5. The number of hydrogen-bond donors (Lipinski definition) is 1. The number of hydrogen-bond acceptors (Lipinski definition) is 3. The molecule has 1 N–H and O–H groups in total. The molecular weight excluding hydrogens is 240 g/mol. The summed E-state index contributed by atoms with van der Waals surface area (Å²) >= 11 is 0. The second kappa shape index (κ2) is 7.51. The predicted octanol–water partition coefficient (Wildman–Crippen LogP) is 3.57. The molecule has 2 atom stereocenters. The molecule has 2 unspecified atom stereocenters. The molecule has 3 nitrogen and oxygen atoms in total. The number of ether oxygens (including phenoxy) is 2. The second-order valence-electron chi connectivity index (χ2n) is 5.35. The lowest BCUT2D eigenvalue weighted by Gasteiger charge is -2.26. The maximum atomic E-state index is 10.5. The van der Waals surface area contributed by atoms with E-state index in [4.69, 9.17) is 9.47 Å². The number of rotatable bonds is 7. The van der Waals surface area contributed by atoms with E-state index in [1.165, 1.54) is 0 Å². The largest absolute Gasteiger partial charge is 0.491 e. The van der Waals surface area contributed by atoms with Gasteiger partial charge in [-0.05, 0) is 44.4 Å². The first kappa shape index (κ1) is 16.0. The zero-order valence-electron chi connectivity index (χ0n) is 12.6. The third-order valence-corrected chi connectivity index (χ3v) is 2.90. The minimum absolute atomic E-state index is 0.125. The number of aliphatic hydroxyl groups is 1. The van der Waals surface area contributed by atoms with Crippen molar-refractivity contribution in [1.29, 1.82) is 0 Å². The van der Waals surface area contributed by atoms with Gasteiger partial charge in [0, 0.05) is 6.61 Å². The smallest absolute Gasteiger partial charge is 0.120 e. The van der Waals surface area contributed by atoms with Crippen LogP contribution in [0.2, 0.25) is 0 Å². The van der Waals surface area contributed by atoms with Crippen molar-refractivity contribution < 1.29 is 14.6 Å². The van der Waals surface area contributed by atoms with Crippen LogP contribution >= 0.6 is 0 Å². The molecular formula is C16H26O3. The molecule has 0 fully saturated rings. The van der Waals surface area contributed by atoms with E-state index in [1.807, 2.05) is 45.0 Å². The molecule has 0 aliphatic carbocycles. The fourth-order valence-corrected chi connectivity index (χ4v) is 2.07. The van der Waals surface area contributed by atoms with E-state index in [0.717, 1.165) is 11.3 Å². The van der Waals surface area contributed by atoms with Crippen molar-refractivity contribution in [3.05, 3.63) is 29.8 Å². The normalized spacial score (nSPS) is 14.7. The van der Waals surface area contributed by atoms with E-state index < -0.39 is 6.10 Å². The summed E-state index contributed by atoms with van der Waals surface area (Å²) in [5.74, 6) is 1.04. The molecule has 0 saturated heterocycles. The summed E-state index contributed by atoms with van der Waals surface area (Å²) in [7, 11) is 0. The van der Waals surface area contributed by atoms with Gasteiger partial charge in [0.25, 0.3) is 0 Å². The molecule has 0 aromatic heterocycles. The Labute approximate surface area is 116 Å². The van der Waals surface area contributed by atoms with Gasteiger partial charge in [-0.15, -0.1) is 0 Å². The SMILES string of the molecule is CCOC(C(C)C)C(O)c1cccc(OC(C)C)c1. The number of benzene rings is 1. The first-order valence-corrected chi connectivity index (χ1v) is 7.02. The molecule has 1 aromatic rings. The average molecular weight is 266 g/mol. The summed E-state index contributed by atoms with van der Waals surface area (Å²) < 4.78 is 11.3. The van der Waals surface area contributed by atoms with Gasteiger partial charge in [0.2, 0.25) is 0 Å². The van der Waals surface area contributed by atoms with Crippen LogP contribution < -0.4 is 4.74 Å². The van der Waals surface area contributed by atoms with Crippen molar-refractivity contribution in [1.82, 2.24) is 0 Å². The Bertz CT molecular complexity index is 374. The van der Waals surface area contributed by atoms with Crippen LogP contribution in [0.3, 0.4) is 0 Å². The molecule has 1 rings (SSSR count). The van der Waals surface area contributed by atoms with Crippen molar-refractivity contribution in [2.75, 3.05) is 6.61 Å². The molecule has 0 amide bonds. The van der Waals surface area contributed by atoms with Crippen LogP contribution in [0.5, 0.6) is 5.75 Å². The Hall–Kier alpha value is -1.06. The van der Waals surface area contributed by atoms with Crippen LogP contribution in [-0.4, -0.2) is 23.9 Å². The van der Waals surface area contributed by atoms with E-state index >= 15 is 0 Å². The molecule has 3 heteroatoms. The van der Waals surface area contributed by atoms with Crippen LogP contribution in [-0.2, 0) is 4.74 Å². The lowest BCUT2D eigenvalue weighted by molar-refractivity contribution is -0.0586. The van der Waals surface area contributed by atoms with E-state index in [1.54, 1.807) is 0 Å². The van der Waals surface area contributed by atoms with Crippen LogP contribution in [0.4, 0.5) is 0 Å². The minimum Gasteiger partial charge on any atom is -0.491 e. The quantitative estimate of drug-likeness (QED) is 0.820. The Morgan fingerprint density at radius 3 is 2.37 bits per heavy atom. The van der Waals surface area contributed by atoms with E-state index in [0.29, 0.717) is 6.61 Å². The van der Waals surface area contributed by atoms with Crippen LogP contribution in [0.1, 0.15) is 46.3 Å². The Kier molecular flexibility index (Phi) is 6.32. The molecule has 19 heavy (non-hydrogen) atoms. The monoisotopic (exact) mass is 266 g/mol. The van der Waals surface area contributed by atoms with Crippen LogP contribution in [0.15, 0.2) is 24.3 Å². The topological polar surface area (TPSA) is 38.7 Å². The fourth-order valence-electron chi connectivity index (χ4n) is 2.07. The fraction of sp³-hybridized carbons (Fsp3) is 0.625. The molecule has 0 saturated carbocycles. The van der Waals surface area contributed by atoms with Gasteiger partial charge in [0.05, 0.1) is 12.2 Å². The van der Waals surface area contributed by atoms with Crippen molar-refractivity contribution >= 4 is 0 Å². The average Bonchev–Trinajstić information content (AvgIpc) is 2.34. The van der Waals surface area contributed by atoms with Gasteiger partial charge in [0.15, 0.2) is 0 Å². The first-order valence-electron chi connectivity index (χ1n) is 7.02. The van der Waals surface area contributed by atoms with Gasteiger partial charge in [-0.1, -0.05) is 26.0 Å². The van der Waals surface area contributed by atoms with Crippen molar-refractivity contribution in [3.63, 3.8) is 0 Å². The van der Waals surface area contributed by atoms with Crippen LogP contribution in [0.25, 0.3) is 0 Å². The molecule has 0 bridgehead atoms. The van der Waals surface area contributed by atoms with E-state index in [-0.39, 0.29) is 18.1 Å². The molecule has 0 aliphatic rings. The first-order chi connectivity index (χ1) is 8.95. The molecule has 108 valence electrons. The van der Waals surface area contributed by atoms with Gasteiger partial charge in [-0.3, -0.25) is 0 Å². The van der Waals surface area contributed by atoms with Gasteiger partial charge < -0.3 is 14.6 Å². The lowest BCUT2D eigenvalue weighted by atomic mass is 9.96. The summed E-state index contributed by atoms with van der Waals surface area (Å²) in [5, 5.41) is 10.5. The summed E-state index contributed by atoms with van der Waals surface area (Å²) in [6.07, 6.45) is -0.699. The van der Waals surface area contributed by atoms with E-state index in [2.05, 4.69) is 13.8 Å². The van der Waals surface area contributed by atoms with Gasteiger partial charge in [-0.25, -0.2) is 0 Å². The molecule has 0 heterocycles. The Morgan fingerprint density at radius 1 is 1.16 bits per heavy atom. The molecule has 0 radical (unpaired) electrons. The summed E-state index contributed by atoms with van der Waals surface area (Å²) in [6, 6.07) is 7.60. The highest BCUT2D eigenvalue weighted by Crippen LogP contribution is 2.27. The van der Waals surface area contributed by atoms with Gasteiger partial charge in [0.1, 0.15) is 11.9 Å². The summed E-state index contributed by atoms with van der Waals surface area (Å²) in [4.78, 5) is 0. The predicted molar refractivity (Wildman–Crippen MR) is 77.4 cm³/mol. The number of aliphatic hydroxyl groups excluding tert-OH is 1. The molecule has 0 spiro atoms.